The number of carbonyl (C=O) groups excluding carboxylic acids is 1. The second-order valence-corrected chi connectivity index (χ2v) is 3.80. The molecule has 4 nitrogen and oxygen atoms in total. The Hall–Kier alpha value is -0.820. The number of nitrogens with zero attached hydrogens (tertiary/aromatic N) is 1. The quantitative estimate of drug-likeness (QED) is 0.733. The maximum atomic E-state index is 12.0. The molecule has 0 spiro atoms. The van der Waals surface area contributed by atoms with Gasteiger partial charge in [0.05, 0.1) is 12.5 Å². The van der Waals surface area contributed by atoms with Crippen LogP contribution in [-0.4, -0.2) is 49.2 Å². The van der Waals surface area contributed by atoms with Gasteiger partial charge < -0.3 is 16.0 Å². The van der Waals surface area contributed by atoms with E-state index in [-0.39, 0.29) is 12.6 Å². The Kier molecular flexibility index (Phi) is 4.55. The van der Waals surface area contributed by atoms with Crippen molar-refractivity contribution >= 4 is 5.91 Å². The van der Waals surface area contributed by atoms with Crippen molar-refractivity contribution in [2.75, 3.05) is 26.2 Å². The third-order valence-electron chi connectivity index (χ3n) is 2.56. The van der Waals surface area contributed by atoms with Crippen LogP contribution in [0.15, 0.2) is 0 Å². The van der Waals surface area contributed by atoms with E-state index in [2.05, 4.69) is 5.32 Å². The molecule has 1 atom stereocenters. The zero-order valence-electron chi connectivity index (χ0n) is 8.89. The van der Waals surface area contributed by atoms with E-state index in [4.69, 9.17) is 5.73 Å². The summed E-state index contributed by atoms with van der Waals surface area (Å²) in [5, 5.41) is 3.05. The number of piperazine rings is 1. The molecule has 0 aromatic carbocycles. The lowest BCUT2D eigenvalue weighted by Crippen LogP contribution is -2.56. The van der Waals surface area contributed by atoms with E-state index in [1.165, 1.54) is 4.90 Å². The van der Waals surface area contributed by atoms with Gasteiger partial charge in [0.1, 0.15) is 0 Å². The molecular formula is C9H16F3N3O. The fourth-order valence-corrected chi connectivity index (χ4v) is 1.69. The van der Waals surface area contributed by atoms with Crippen LogP contribution in [0.4, 0.5) is 13.2 Å². The maximum absolute atomic E-state index is 12.0. The monoisotopic (exact) mass is 239 g/mol. The smallest absolute Gasteiger partial charge is 0.336 e. The van der Waals surface area contributed by atoms with Crippen LogP contribution < -0.4 is 11.1 Å². The highest BCUT2D eigenvalue weighted by atomic mass is 19.4. The Labute approximate surface area is 92.0 Å². The van der Waals surface area contributed by atoms with Crippen LogP contribution in [-0.2, 0) is 4.79 Å². The second-order valence-electron chi connectivity index (χ2n) is 3.80. The number of nitrogens with one attached hydrogen (secondary N) is 1. The zero-order chi connectivity index (χ0) is 12.2. The first-order valence-corrected chi connectivity index (χ1v) is 5.21. The third-order valence-corrected chi connectivity index (χ3v) is 2.56. The van der Waals surface area contributed by atoms with Crippen LogP contribution >= 0.6 is 0 Å². The lowest BCUT2D eigenvalue weighted by molar-refractivity contribution is -0.150. The van der Waals surface area contributed by atoms with Crippen LogP contribution in [0, 0.1) is 0 Å². The number of hydrogen-bond donors (Lipinski definition) is 2. The summed E-state index contributed by atoms with van der Waals surface area (Å²) in [5.74, 6) is -0.464. The van der Waals surface area contributed by atoms with Gasteiger partial charge in [0, 0.05) is 32.6 Å². The average Bonchev–Trinajstić information content (AvgIpc) is 2.25. The molecule has 1 fully saturated rings. The summed E-state index contributed by atoms with van der Waals surface area (Å²) in [5.41, 5.74) is 5.46. The zero-order valence-corrected chi connectivity index (χ0v) is 8.89. The summed E-state index contributed by atoms with van der Waals surface area (Å²) >= 11 is 0. The molecule has 0 bridgehead atoms. The number of carbonyl (C=O) groups is 1. The van der Waals surface area contributed by atoms with Gasteiger partial charge in [-0.25, -0.2) is 0 Å². The van der Waals surface area contributed by atoms with Crippen molar-refractivity contribution in [3.05, 3.63) is 0 Å². The van der Waals surface area contributed by atoms with Crippen molar-refractivity contribution in [3.63, 3.8) is 0 Å². The van der Waals surface area contributed by atoms with Gasteiger partial charge in [0.2, 0.25) is 5.91 Å². The van der Waals surface area contributed by atoms with E-state index >= 15 is 0 Å². The van der Waals surface area contributed by atoms with E-state index in [9.17, 15) is 18.0 Å². The van der Waals surface area contributed by atoms with Crippen molar-refractivity contribution in [1.29, 1.82) is 0 Å². The van der Waals surface area contributed by atoms with Crippen molar-refractivity contribution in [2.24, 2.45) is 5.73 Å². The normalized spacial score (nSPS) is 22.2. The predicted octanol–water partition coefficient (Wildman–Crippen LogP) is 0.0880. The minimum absolute atomic E-state index is 0.186. The largest absolute Gasteiger partial charge is 0.389 e. The van der Waals surface area contributed by atoms with E-state index in [0.717, 1.165) is 0 Å². The number of amides is 1. The lowest BCUT2D eigenvalue weighted by Gasteiger charge is -2.35. The van der Waals surface area contributed by atoms with Gasteiger partial charge in [-0.3, -0.25) is 4.79 Å². The average molecular weight is 239 g/mol. The van der Waals surface area contributed by atoms with Crippen molar-refractivity contribution in [2.45, 2.75) is 25.1 Å². The molecule has 1 aliphatic rings. The summed E-state index contributed by atoms with van der Waals surface area (Å²) in [6.07, 6.45) is -5.82. The number of rotatable bonds is 3. The summed E-state index contributed by atoms with van der Waals surface area (Å²) < 4.78 is 35.9. The first-order chi connectivity index (χ1) is 7.44. The third kappa shape index (κ3) is 3.97. The summed E-state index contributed by atoms with van der Waals surface area (Å²) in [7, 11) is 0. The fraction of sp³-hybridized carbons (Fsp3) is 0.889. The van der Waals surface area contributed by atoms with E-state index in [0.29, 0.717) is 19.6 Å². The molecule has 0 aromatic rings. The van der Waals surface area contributed by atoms with Gasteiger partial charge in [0.25, 0.3) is 0 Å². The Morgan fingerprint density at radius 1 is 1.50 bits per heavy atom. The lowest BCUT2D eigenvalue weighted by atomic mass is 10.1. The molecule has 1 saturated heterocycles. The number of nitrogens with two attached hydrogens (primary N) is 1. The number of hydrogen-bond acceptors (Lipinski definition) is 3. The van der Waals surface area contributed by atoms with E-state index < -0.39 is 24.9 Å². The minimum atomic E-state index is -4.28. The minimum Gasteiger partial charge on any atom is -0.336 e. The molecule has 16 heavy (non-hydrogen) atoms. The van der Waals surface area contributed by atoms with Crippen molar-refractivity contribution in [1.82, 2.24) is 10.2 Å². The van der Waals surface area contributed by atoms with Gasteiger partial charge in [-0.1, -0.05) is 0 Å². The summed E-state index contributed by atoms with van der Waals surface area (Å²) in [6, 6.07) is -0.186. The highest BCUT2D eigenvalue weighted by Crippen LogP contribution is 2.22. The second kappa shape index (κ2) is 5.49. The first-order valence-electron chi connectivity index (χ1n) is 5.21. The Balaban J connectivity index is 2.45. The first kappa shape index (κ1) is 13.2. The maximum Gasteiger partial charge on any atom is 0.389 e. The topological polar surface area (TPSA) is 58.4 Å². The fourth-order valence-electron chi connectivity index (χ4n) is 1.69. The SMILES string of the molecule is NCC1CNCCN1C(=O)CCC(F)(F)F. The molecule has 0 saturated carbocycles. The Morgan fingerprint density at radius 2 is 2.19 bits per heavy atom. The molecule has 3 N–H and O–H groups in total. The molecule has 7 heteroatoms. The summed E-state index contributed by atoms with van der Waals surface area (Å²) in [4.78, 5) is 13.0. The number of alkyl halides is 3. The van der Waals surface area contributed by atoms with Crippen LogP contribution in [0.1, 0.15) is 12.8 Å². The van der Waals surface area contributed by atoms with Crippen molar-refractivity contribution < 1.29 is 18.0 Å². The van der Waals surface area contributed by atoms with Crippen LogP contribution in [0.3, 0.4) is 0 Å². The summed E-state index contributed by atoms with van der Waals surface area (Å²) in [6.45, 7) is 1.85. The van der Waals surface area contributed by atoms with Gasteiger partial charge in [0.15, 0.2) is 0 Å². The molecule has 0 radical (unpaired) electrons. The van der Waals surface area contributed by atoms with Gasteiger partial charge in [-0.05, 0) is 0 Å². The standard InChI is InChI=1S/C9H16F3N3O/c10-9(11,12)2-1-8(16)15-4-3-14-6-7(15)5-13/h7,14H,1-6,13H2. The van der Waals surface area contributed by atoms with Gasteiger partial charge >= 0.3 is 6.18 Å². The Morgan fingerprint density at radius 3 is 2.75 bits per heavy atom. The molecule has 1 unspecified atom stereocenters. The Bertz CT molecular complexity index is 245. The number of halogens is 3. The van der Waals surface area contributed by atoms with Crippen molar-refractivity contribution in [3.8, 4) is 0 Å². The highest BCUT2D eigenvalue weighted by Gasteiger charge is 2.31. The van der Waals surface area contributed by atoms with Crippen LogP contribution in [0.2, 0.25) is 0 Å². The molecular weight excluding hydrogens is 223 g/mol. The highest BCUT2D eigenvalue weighted by molar-refractivity contribution is 5.76. The molecule has 0 aliphatic carbocycles. The predicted molar refractivity (Wildman–Crippen MR) is 52.7 cm³/mol. The molecule has 94 valence electrons. The molecule has 0 aromatic heterocycles. The molecule has 1 rings (SSSR count). The van der Waals surface area contributed by atoms with Crippen LogP contribution in [0.25, 0.3) is 0 Å². The van der Waals surface area contributed by atoms with E-state index in [1.807, 2.05) is 0 Å². The van der Waals surface area contributed by atoms with Gasteiger partial charge in [-0.2, -0.15) is 13.2 Å². The van der Waals surface area contributed by atoms with E-state index in [1.54, 1.807) is 0 Å². The molecule has 1 aliphatic heterocycles. The van der Waals surface area contributed by atoms with Crippen LogP contribution in [0.5, 0.6) is 0 Å². The molecule has 1 heterocycles. The van der Waals surface area contributed by atoms with Gasteiger partial charge in [-0.15, -0.1) is 0 Å². The molecule has 1 amide bonds.